The lowest BCUT2D eigenvalue weighted by Gasteiger charge is -1.99. The lowest BCUT2D eigenvalue weighted by molar-refractivity contribution is 0.446. The van der Waals surface area contributed by atoms with E-state index in [0.717, 1.165) is 0 Å². The van der Waals surface area contributed by atoms with Crippen molar-refractivity contribution in [3.8, 4) is 11.5 Å². The van der Waals surface area contributed by atoms with Gasteiger partial charge in [0.25, 0.3) is 0 Å². The quantitative estimate of drug-likeness (QED) is 0.763. The fraction of sp³-hybridized carbons (Fsp3) is 0. The van der Waals surface area contributed by atoms with Gasteiger partial charge in [0.1, 0.15) is 11.5 Å². The molecule has 0 aliphatic rings. The van der Waals surface area contributed by atoms with E-state index in [9.17, 15) is 0 Å². The molecule has 0 fully saturated rings. The molecule has 0 heterocycles. The monoisotopic (exact) mass is 284 g/mol. The highest BCUT2D eigenvalue weighted by molar-refractivity contribution is 9.11. The number of halogens is 2. The van der Waals surface area contributed by atoms with Crippen molar-refractivity contribution in [2.75, 3.05) is 0 Å². The maximum Gasteiger partial charge on any atom is 0.133 e. The maximum atomic E-state index is 9.00. The summed E-state index contributed by atoms with van der Waals surface area (Å²) >= 11 is 6.18. The third kappa shape index (κ3) is 2.36. The molecule has 1 aromatic carbocycles. The van der Waals surface area contributed by atoms with Crippen LogP contribution in [0.3, 0.4) is 0 Å². The van der Waals surface area contributed by atoms with Crippen molar-refractivity contribution in [2.24, 2.45) is 0 Å². The summed E-state index contributed by atoms with van der Waals surface area (Å²) in [5.41, 5.74) is 0. The highest BCUT2D eigenvalue weighted by Crippen LogP contribution is 2.34. The van der Waals surface area contributed by atoms with Crippen LogP contribution in [0, 0.1) is 0 Å². The topological polar surface area (TPSA) is 72.0 Å². The van der Waals surface area contributed by atoms with E-state index in [2.05, 4.69) is 31.9 Å². The Balaban J connectivity index is 0.000001000. The average molecular weight is 286 g/mol. The van der Waals surface area contributed by atoms with Gasteiger partial charge in [0.2, 0.25) is 0 Å². The lowest BCUT2D eigenvalue weighted by Crippen LogP contribution is -1.71. The van der Waals surface area contributed by atoms with Crippen molar-refractivity contribution in [3.05, 3.63) is 21.1 Å². The Hall–Kier alpha value is -0.260. The van der Waals surface area contributed by atoms with Crippen molar-refractivity contribution in [2.45, 2.75) is 0 Å². The molecular formula is C6H6Br2O3. The molecule has 0 aliphatic heterocycles. The molecule has 1 aromatic rings. The first-order chi connectivity index (χ1) is 4.61. The standard InChI is InChI=1S/C6H4Br2O2.H2O/c7-3-1-4(8)6(10)2-5(3)9;/h1-2,9-10H;1H2. The van der Waals surface area contributed by atoms with Crippen molar-refractivity contribution in [1.82, 2.24) is 0 Å². The maximum absolute atomic E-state index is 9.00. The molecule has 0 atom stereocenters. The third-order valence-electron chi connectivity index (χ3n) is 1.02. The molecule has 0 saturated carbocycles. The summed E-state index contributed by atoms with van der Waals surface area (Å²) in [4.78, 5) is 0. The Labute approximate surface area is 80.2 Å². The van der Waals surface area contributed by atoms with Gasteiger partial charge in [-0.1, -0.05) is 0 Å². The van der Waals surface area contributed by atoms with Crippen LogP contribution < -0.4 is 0 Å². The van der Waals surface area contributed by atoms with Crippen LogP contribution in [0.25, 0.3) is 0 Å². The number of rotatable bonds is 0. The SMILES string of the molecule is O.Oc1cc(O)c(Br)cc1Br. The Morgan fingerprint density at radius 3 is 1.55 bits per heavy atom. The van der Waals surface area contributed by atoms with Gasteiger partial charge in [-0.05, 0) is 37.9 Å². The summed E-state index contributed by atoms with van der Waals surface area (Å²) in [5, 5.41) is 18.0. The highest BCUT2D eigenvalue weighted by atomic mass is 79.9. The largest absolute Gasteiger partial charge is 0.507 e. The van der Waals surface area contributed by atoms with E-state index in [1.807, 2.05) is 0 Å². The van der Waals surface area contributed by atoms with E-state index in [4.69, 9.17) is 10.2 Å². The molecule has 0 aliphatic carbocycles. The number of hydrogen-bond donors (Lipinski definition) is 2. The Morgan fingerprint density at radius 2 is 1.27 bits per heavy atom. The van der Waals surface area contributed by atoms with Crippen LogP contribution in [0.5, 0.6) is 11.5 Å². The van der Waals surface area contributed by atoms with E-state index in [1.54, 1.807) is 6.07 Å². The second kappa shape index (κ2) is 3.94. The minimum absolute atomic E-state index is 0. The third-order valence-corrected chi connectivity index (χ3v) is 2.29. The van der Waals surface area contributed by atoms with E-state index < -0.39 is 0 Å². The van der Waals surface area contributed by atoms with Crippen molar-refractivity contribution >= 4 is 31.9 Å². The molecule has 1 rings (SSSR count). The van der Waals surface area contributed by atoms with Crippen LogP contribution in [-0.4, -0.2) is 15.7 Å². The zero-order chi connectivity index (χ0) is 7.72. The molecule has 0 amide bonds. The molecular weight excluding hydrogens is 280 g/mol. The highest BCUT2D eigenvalue weighted by Gasteiger charge is 2.02. The first-order valence-corrected chi connectivity index (χ1v) is 4.07. The van der Waals surface area contributed by atoms with E-state index in [0.29, 0.717) is 8.95 Å². The Kier molecular flexibility index (Phi) is 3.85. The van der Waals surface area contributed by atoms with Gasteiger partial charge in [0.05, 0.1) is 8.95 Å². The summed E-state index contributed by atoms with van der Waals surface area (Å²) in [6.45, 7) is 0. The summed E-state index contributed by atoms with van der Waals surface area (Å²) in [6, 6.07) is 2.83. The number of phenols is 2. The molecule has 11 heavy (non-hydrogen) atoms. The summed E-state index contributed by atoms with van der Waals surface area (Å²) < 4.78 is 1.11. The van der Waals surface area contributed by atoms with Crippen LogP contribution in [0.1, 0.15) is 0 Å². The molecule has 62 valence electrons. The number of phenolic OH excluding ortho intramolecular Hbond substituents is 2. The Morgan fingerprint density at radius 1 is 0.909 bits per heavy atom. The number of aromatic hydroxyl groups is 2. The normalized spacial score (nSPS) is 8.91. The summed E-state index contributed by atoms with van der Waals surface area (Å²) in [6.07, 6.45) is 0. The van der Waals surface area contributed by atoms with Gasteiger partial charge < -0.3 is 15.7 Å². The van der Waals surface area contributed by atoms with Crippen molar-refractivity contribution in [1.29, 1.82) is 0 Å². The molecule has 3 nitrogen and oxygen atoms in total. The smallest absolute Gasteiger partial charge is 0.133 e. The summed E-state index contributed by atoms with van der Waals surface area (Å²) in [7, 11) is 0. The fourth-order valence-electron chi connectivity index (χ4n) is 0.527. The fourth-order valence-corrected chi connectivity index (χ4v) is 1.52. The Bertz CT molecular complexity index is 212. The molecule has 0 unspecified atom stereocenters. The average Bonchev–Trinajstić information content (AvgIpc) is 1.84. The van der Waals surface area contributed by atoms with E-state index in [1.165, 1.54) is 6.07 Å². The van der Waals surface area contributed by atoms with Gasteiger partial charge >= 0.3 is 0 Å². The first-order valence-electron chi connectivity index (χ1n) is 2.48. The van der Waals surface area contributed by atoms with Crippen LogP contribution >= 0.6 is 31.9 Å². The predicted octanol–water partition coefficient (Wildman–Crippen LogP) is 1.80. The van der Waals surface area contributed by atoms with Gasteiger partial charge in [0, 0.05) is 6.07 Å². The number of benzene rings is 1. The van der Waals surface area contributed by atoms with Gasteiger partial charge in [-0.15, -0.1) is 0 Å². The molecule has 0 aromatic heterocycles. The van der Waals surface area contributed by atoms with Crippen LogP contribution in [-0.2, 0) is 0 Å². The minimum atomic E-state index is 0. The molecule has 0 radical (unpaired) electrons. The second-order valence-electron chi connectivity index (χ2n) is 1.76. The van der Waals surface area contributed by atoms with Crippen molar-refractivity contribution < 1.29 is 15.7 Å². The van der Waals surface area contributed by atoms with Gasteiger partial charge in [0.15, 0.2) is 0 Å². The van der Waals surface area contributed by atoms with Crippen LogP contribution in [0.15, 0.2) is 21.1 Å². The van der Waals surface area contributed by atoms with Gasteiger partial charge in [-0.25, -0.2) is 0 Å². The first kappa shape index (κ1) is 10.7. The van der Waals surface area contributed by atoms with Gasteiger partial charge in [-0.2, -0.15) is 0 Å². The molecule has 0 bridgehead atoms. The van der Waals surface area contributed by atoms with Gasteiger partial charge in [-0.3, -0.25) is 0 Å². The zero-order valence-corrected chi connectivity index (χ0v) is 8.48. The van der Waals surface area contributed by atoms with E-state index in [-0.39, 0.29) is 17.0 Å². The molecule has 5 heteroatoms. The predicted molar refractivity (Wildman–Crippen MR) is 48.8 cm³/mol. The lowest BCUT2D eigenvalue weighted by atomic mass is 10.3. The molecule has 4 N–H and O–H groups in total. The minimum Gasteiger partial charge on any atom is -0.507 e. The van der Waals surface area contributed by atoms with E-state index >= 15 is 0 Å². The second-order valence-corrected chi connectivity index (χ2v) is 3.46. The summed E-state index contributed by atoms with van der Waals surface area (Å²) in [5.74, 6) is 0.0569. The number of hydrogen-bond acceptors (Lipinski definition) is 2. The zero-order valence-electron chi connectivity index (χ0n) is 5.31. The van der Waals surface area contributed by atoms with Crippen molar-refractivity contribution in [3.63, 3.8) is 0 Å². The molecule has 0 saturated heterocycles. The van der Waals surface area contributed by atoms with Crippen LogP contribution in [0.4, 0.5) is 0 Å². The van der Waals surface area contributed by atoms with Crippen LogP contribution in [0.2, 0.25) is 0 Å². The molecule has 0 spiro atoms.